The van der Waals surface area contributed by atoms with Gasteiger partial charge in [-0.3, -0.25) is 9.59 Å². The number of likely N-dealkylation sites (N-methyl/N-ethyl adjacent to an activating group) is 1. The molecular weight excluding hydrogens is 574 g/mol. The average molecular weight is 628 g/mol. The lowest BCUT2D eigenvalue weighted by molar-refractivity contribution is -0.302. The predicted octanol–water partition coefficient (Wildman–Crippen LogP) is 1.64. The van der Waals surface area contributed by atoms with Gasteiger partial charge in [0.1, 0.15) is 25.3 Å². The van der Waals surface area contributed by atoms with Crippen LogP contribution in [0, 0.1) is 23.7 Å². The first kappa shape index (κ1) is 38.2. The van der Waals surface area contributed by atoms with Gasteiger partial charge in [0.05, 0.1) is 43.5 Å². The number of hydrogen-bond acceptors (Lipinski definition) is 12. The molecule has 0 saturated carbocycles. The minimum atomic E-state index is -1.29. The number of esters is 1. The van der Waals surface area contributed by atoms with Gasteiger partial charge in [-0.05, 0) is 46.9 Å². The summed E-state index contributed by atoms with van der Waals surface area (Å²) in [7, 11) is 4.92. The van der Waals surface area contributed by atoms with Crippen LogP contribution >= 0.6 is 0 Å². The van der Waals surface area contributed by atoms with E-state index in [4.69, 9.17) is 23.7 Å². The summed E-state index contributed by atoms with van der Waals surface area (Å²) in [5, 5.41) is 33.0. The maximum atomic E-state index is 13.1. The summed E-state index contributed by atoms with van der Waals surface area (Å²) in [4.78, 5) is 40.4. The van der Waals surface area contributed by atoms with Gasteiger partial charge in [-0.1, -0.05) is 38.5 Å². The van der Waals surface area contributed by atoms with E-state index in [0.717, 1.165) is 5.57 Å². The molecule has 0 amide bonds. The summed E-state index contributed by atoms with van der Waals surface area (Å²) in [6.45, 7) is 8.95. The molecule has 0 radical (unpaired) electrons. The monoisotopic (exact) mass is 627 g/mol. The van der Waals surface area contributed by atoms with Crippen LogP contribution in [0.2, 0.25) is 0 Å². The van der Waals surface area contributed by atoms with Gasteiger partial charge in [0.15, 0.2) is 12.1 Å². The standard InChI is InChI=1S/C32H53NO11/c1-9-26-23(16-41-17-40-8)12-18(2)10-11-24(35)19(3)13-22(15-34)31(20(4)25(36)14-27(37)43-26)44-32-30(39)28(33(6)7)29(38)21(5)42-32/h10-12,15,19-23,25-26,28-32,36,38-39H,9,13-14,16-17H2,1-8H3/b11-10+,18-12+/t19-,20+,21-,22?,23-,25-,26-,28+,29-,30-,31-,32+/m1/s1. The van der Waals surface area contributed by atoms with Gasteiger partial charge < -0.3 is 48.7 Å². The molecule has 1 saturated heterocycles. The number of rotatable bonds is 9. The first-order valence-corrected chi connectivity index (χ1v) is 15.4. The van der Waals surface area contributed by atoms with E-state index >= 15 is 0 Å². The number of carbonyl (C=O) groups is 3. The van der Waals surface area contributed by atoms with Crippen molar-refractivity contribution >= 4 is 18.0 Å². The second-order valence-electron chi connectivity index (χ2n) is 12.3. The number of hydrogen-bond donors (Lipinski definition) is 3. The second kappa shape index (κ2) is 18.2. The first-order valence-electron chi connectivity index (χ1n) is 15.4. The van der Waals surface area contributed by atoms with Crippen molar-refractivity contribution in [2.24, 2.45) is 23.7 Å². The molecule has 3 N–H and O–H groups in total. The highest BCUT2D eigenvalue weighted by Gasteiger charge is 2.47. The molecule has 0 bridgehead atoms. The fourth-order valence-corrected chi connectivity index (χ4v) is 5.87. The van der Waals surface area contributed by atoms with Crippen molar-refractivity contribution in [3.8, 4) is 0 Å². The number of ketones is 1. The molecule has 2 aliphatic heterocycles. The Balaban J connectivity index is 2.47. The highest BCUT2D eigenvalue weighted by Crippen LogP contribution is 2.32. The normalized spacial score (nSPS) is 40.2. The van der Waals surface area contributed by atoms with Gasteiger partial charge in [0, 0.05) is 30.8 Å². The van der Waals surface area contributed by atoms with Crippen molar-refractivity contribution in [2.45, 2.75) is 103 Å². The number of ether oxygens (including phenoxy) is 5. The SMILES string of the molecule is CC[C@H]1OC(=O)C[C@@H](O)[C@H](C)[C@@H](O[C@@H]2O[C@H](C)[C@@H](O)[C@H](N(C)C)[C@H]2O)C(C=O)C[C@@H](C)C(=O)/C=C/C(C)=C/[C@@H]1COCOC. The van der Waals surface area contributed by atoms with Crippen molar-refractivity contribution in [1.29, 1.82) is 0 Å². The number of methoxy groups -OCH3 is 1. The van der Waals surface area contributed by atoms with Crippen molar-refractivity contribution < 1.29 is 53.4 Å². The molecule has 2 rings (SSSR count). The molecule has 252 valence electrons. The molecule has 44 heavy (non-hydrogen) atoms. The lowest BCUT2D eigenvalue weighted by Gasteiger charge is -2.46. The predicted molar refractivity (Wildman–Crippen MR) is 161 cm³/mol. The Morgan fingerprint density at radius 3 is 2.36 bits per heavy atom. The summed E-state index contributed by atoms with van der Waals surface area (Å²) in [5.41, 5.74) is 0.759. The van der Waals surface area contributed by atoms with E-state index in [-0.39, 0.29) is 37.9 Å². The van der Waals surface area contributed by atoms with Crippen LogP contribution in [0.5, 0.6) is 0 Å². The molecule has 0 aromatic rings. The zero-order valence-corrected chi connectivity index (χ0v) is 27.3. The van der Waals surface area contributed by atoms with E-state index in [1.165, 1.54) is 13.2 Å². The van der Waals surface area contributed by atoms with Crippen LogP contribution in [0.1, 0.15) is 53.9 Å². The lowest BCUT2D eigenvalue weighted by Crippen LogP contribution is -2.63. The molecule has 0 aromatic heterocycles. The van der Waals surface area contributed by atoms with Crippen molar-refractivity contribution in [2.75, 3.05) is 34.6 Å². The molecule has 1 fully saturated rings. The highest BCUT2D eigenvalue weighted by atomic mass is 16.7. The fourth-order valence-electron chi connectivity index (χ4n) is 5.87. The van der Waals surface area contributed by atoms with E-state index in [1.54, 1.807) is 45.8 Å². The lowest BCUT2D eigenvalue weighted by atomic mass is 9.81. The third kappa shape index (κ3) is 10.5. The van der Waals surface area contributed by atoms with Gasteiger partial charge in [0.25, 0.3) is 0 Å². The van der Waals surface area contributed by atoms with Crippen LogP contribution in [0.15, 0.2) is 23.8 Å². The van der Waals surface area contributed by atoms with E-state index in [0.29, 0.717) is 12.7 Å². The summed E-state index contributed by atoms with van der Waals surface area (Å²) in [5.74, 6) is -3.48. The van der Waals surface area contributed by atoms with Gasteiger partial charge >= 0.3 is 5.97 Å². The Bertz CT molecular complexity index is 985. The highest BCUT2D eigenvalue weighted by molar-refractivity contribution is 5.92. The molecule has 2 heterocycles. The first-order chi connectivity index (χ1) is 20.7. The molecule has 1 unspecified atom stereocenters. The van der Waals surface area contributed by atoms with Crippen LogP contribution < -0.4 is 0 Å². The Morgan fingerprint density at radius 2 is 1.77 bits per heavy atom. The molecule has 12 nitrogen and oxygen atoms in total. The van der Waals surface area contributed by atoms with E-state index in [1.807, 2.05) is 19.9 Å². The van der Waals surface area contributed by atoms with Crippen LogP contribution in [0.25, 0.3) is 0 Å². The molecule has 12 heteroatoms. The Hall–Kier alpha value is -2.03. The summed E-state index contributed by atoms with van der Waals surface area (Å²) < 4.78 is 28.5. The zero-order chi connectivity index (χ0) is 33.1. The Labute approximate surface area is 261 Å². The number of cyclic esters (lactones) is 1. The van der Waals surface area contributed by atoms with Gasteiger partial charge in [-0.15, -0.1) is 0 Å². The number of allylic oxidation sites excluding steroid dienone is 3. The molecule has 0 aromatic carbocycles. The zero-order valence-electron chi connectivity index (χ0n) is 27.3. The Kier molecular flexibility index (Phi) is 15.8. The van der Waals surface area contributed by atoms with E-state index < -0.39 is 72.7 Å². The van der Waals surface area contributed by atoms with Crippen LogP contribution in [-0.2, 0) is 38.1 Å². The largest absolute Gasteiger partial charge is 0.462 e. The van der Waals surface area contributed by atoms with Crippen LogP contribution in [-0.4, -0.2) is 122 Å². The molecular formula is C32H53NO11. The Morgan fingerprint density at radius 1 is 1.09 bits per heavy atom. The minimum Gasteiger partial charge on any atom is -0.462 e. The topological polar surface area (TPSA) is 161 Å². The number of carbonyl (C=O) groups excluding carboxylic acids is 3. The van der Waals surface area contributed by atoms with Gasteiger partial charge in [-0.2, -0.15) is 0 Å². The summed E-state index contributed by atoms with van der Waals surface area (Å²) >= 11 is 0. The summed E-state index contributed by atoms with van der Waals surface area (Å²) in [6.07, 6.45) is -1.32. The summed E-state index contributed by atoms with van der Waals surface area (Å²) in [6, 6.07) is -0.728. The third-order valence-electron chi connectivity index (χ3n) is 8.57. The third-order valence-corrected chi connectivity index (χ3v) is 8.57. The smallest absolute Gasteiger partial charge is 0.308 e. The number of aldehydes is 1. The molecule has 2 aliphatic rings. The quantitative estimate of drug-likeness (QED) is 0.147. The van der Waals surface area contributed by atoms with Crippen LogP contribution in [0.4, 0.5) is 0 Å². The number of aliphatic hydroxyl groups is 3. The van der Waals surface area contributed by atoms with Crippen molar-refractivity contribution in [3.05, 3.63) is 23.8 Å². The van der Waals surface area contributed by atoms with E-state index in [9.17, 15) is 29.7 Å². The number of nitrogens with zero attached hydrogens (tertiary/aromatic N) is 1. The average Bonchev–Trinajstić information content (AvgIpc) is 2.97. The van der Waals surface area contributed by atoms with Gasteiger partial charge in [0.2, 0.25) is 0 Å². The molecule has 0 spiro atoms. The second-order valence-corrected chi connectivity index (χ2v) is 12.3. The van der Waals surface area contributed by atoms with Gasteiger partial charge in [-0.25, -0.2) is 0 Å². The maximum Gasteiger partial charge on any atom is 0.308 e. The number of aliphatic hydroxyl groups excluding tert-OH is 3. The molecule has 0 aliphatic carbocycles. The minimum absolute atomic E-state index is 0.0571. The maximum absolute atomic E-state index is 13.1. The van der Waals surface area contributed by atoms with Crippen molar-refractivity contribution in [1.82, 2.24) is 4.90 Å². The van der Waals surface area contributed by atoms with Crippen LogP contribution in [0.3, 0.4) is 0 Å². The fraction of sp³-hybridized carbons (Fsp3) is 0.781. The van der Waals surface area contributed by atoms with Crippen molar-refractivity contribution in [3.63, 3.8) is 0 Å². The molecule has 12 atom stereocenters. The van der Waals surface area contributed by atoms with E-state index in [2.05, 4.69) is 0 Å².